The standard InChI is InChI=1S/C14H10BrClN2/c1-8-3-2-4-9(5-8)14-17-12-7-10(15)6-11(16)13(12)18-14/h2-7H,1H3,(H,17,18). The van der Waals surface area contributed by atoms with E-state index in [4.69, 9.17) is 11.6 Å². The number of aromatic amines is 1. The lowest BCUT2D eigenvalue weighted by Crippen LogP contribution is -1.80. The minimum atomic E-state index is 0.648. The maximum atomic E-state index is 6.18. The molecule has 0 fully saturated rings. The van der Waals surface area contributed by atoms with Crippen LogP contribution in [0.15, 0.2) is 40.9 Å². The highest BCUT2D eigenvalue weighted by molar-refractivity contribution is 9.10. The van der Waals surface area contributed by atoms with Gasteiger partial charge in [0.25, 0.3) is 0 Å². The van der Waals surface area contributed by atoms with Crippen LogP contribution in [0.4, 0.5) is 0 Å². The van der Waals surface area contributed by atoms with Crippen LogP contribution >= 0.6 is 27.5 Å². The highest BCUT2D eigenvalue weighted by Crippen LogP contribution is 2.29. The molecule has 0 unspecified atom stereocenters. The predicted molar refractivity (Wildman–Crippen MR) is 79.0 cm³/mol. The summed E-state index contributed by atoms with van der Waals surface area (Å²) in [4.78, 5) is 7.85. The molecule has 3 aromatic rings. The summed E-state index contributed by atoms with van der Waals surface area (Å²) in [6.45, 7) is 2.07. The summed E-state index contributed by atoms with van der Waals surface area (Å²) in [6, 6.07) is 12.1. The maximum absolute atomic E-state index is 6.18. The first-order valence-corrected chi connectivity index (χ1v) is 6.72. The van der Waals surface area contributed by atoms with Crippen molar-refractivity contribution in [2.75, 3.05) is 0 Å². The molecule has 2 nitrogen and oxygen atoms in total. The van der Waals surface area contributed by atoms with Crippen LogP contribution in [0.5, 0.6) is 0 Å². The van der Waals surface area contributed by atoms with Gasteiger partial charge in [-0.15, -0.1) is 0 Å². The Morgan fingerprint density at radius 1 is 1.22 bits per heavy atom. The van der Waals surface area contributed by atoms with Gasteiger partial charge in [0.15, 0.2) is 0 Å². The van der Waals surface area contributed by atoms with Crippen LogP contribution in [0.2, 0.25) is 5.02 Å². The van der Waals surface area contributed by atoms with Crippen LogP contribution in [0.3, 0.4) is 0 Å². The molecule has 0 spiro atoms. The summed E-state index contributed by atoms with van der Waals surface area (Å²) in [5.41, 5.74) is 4.01. The van der Waals surface area contributed by atoms with E-state index in [-0.39, 0.29) is 0 Å². The molecule has 3 rings (SSSR count). The monoisotopic (exact) mass is 320 g/mol. The molecular formula is C14H10BrClN2. The SMILES string of the molecule is Cc1cccc(-c2nc3c(Cl)cc(Br)cc3[nH]2)c1. The topological polar surface area (TPSA) is 28.7 Å². The number of H-pyrrole nitrogens is 1. The third kappa shape index (κ3) is 2.04. The van der Waals surface area contributed by atoms with Gasteiger partial charge in [-0.05, 0) is 25.1 Å². The third-order valence-corrected chi connectivity index (χ3v) is 3.54. The molecular weight excluding hydrogens is 312 g/mol. The fraction of sp³-hybridized carbons (Fsp3) is 0.0714. The summed E-state index contributed by atoms with van der Waals surface area (Å²) in [5.74, 6) is 0.841. The van der Waals surface area contributed by atoms with Crippen LogP contribution in [0, 0.1) is 6.92 Å². The Balaban J connectivity index is 2.22. The van der Waals surface area contributed by atoms with E-state index >= 15 is 0 Å². The summed E-state index contributed by atoms with van der Waals surface area (Å²) in [6.07, 6.45) is 0. The van der Waals surface area contributed by atoms with E-state index in [9.17, 15) is 0 Å². The van der Waals surface area contributed by atoms with Crippen molar-refractivity contribution < 1.29 is 0 Å². The van der Waals surface area contributed by atoms with E-state index < -0.39 is 0 Å². The Hall–Kier alpha value is -1.32. The van der Waals surface area contributed by atoms with E-state index in [0.717, 1.165) is 26.9 Å². The third-order valence-electron chi connectivity index (χ3n) is 2.80. The van der Waals surface area contributed by atoms with E-state index in [1.807, 2.05) is 24.3 Å². The Labute approximate surface area is 118 Å². The normalized spacial score (nSPS) is 11.1. The summed E-state index contributed by atoms with van der Waals surface area (Å²) in [5, 5.41) is 0.648. The average Bonchev–Trinajstić information content (AvgIpc) is 2.73. The number of nitrogens with one attached hydrogen (secondary N) is 1. The van der Waals surface area contributed by atoms with Crippen LogP contribution in [-0.2, 0) is 0 Å². The number of nitrogens with zero attached hydrogens (tertiary/aromatic N) is 1. The van der Waals surface area contributed by atoms with Crippen molar-refractivity contribution in [3.63, 3.8) is 0 Å². The molecule has 18 heavy (non-hydrogen) atoms. The zero-order valence-corrected chi connectivity index (χ0v) is 12.0. The minimum Gasteiger partial charge on any atom is -0.338 e. The van der Waals surface area contributed by atoms with Crippen molar-refractivity contribution >= 4 is 38.6 Å². The van der Waals surface area contributed by atoms with Crippen molar-refractivity contribution in [3.8, 4) is 11.4 Å². The second-order valence-electron chi connectivity index (χ2n) is 4.24. The number of fused-ring (bicyclic) bond motifs is 1. The van der Waals surface area contributed by atoms with Gasteiger partial charge in [0.05, 0.1) is 10.5 Å². The van der Waals surface area contributed by atoms with Crippen LogP contribution in [-0.4, -0.2) is 9.97 Å². The summed E-state index contributed by atoms with van der Waals surface area (Å²) >= 11 is 9.61. The summed E-state index contributed by atoms with van der Waals surface area (Å²) in [7, 11) is 0. The highest BCUT2D eigenvalue weighted by Gasteiger charge is 2.09. The van der Waals surface area contributed by atoms with Crippen molar-refractivity contribution in [1.82, 2.24) is 9.97 Å². The number of aryl methyl sites for hydroxylation is 1. The number of rotatable bonds is 1. The number of imidazole rings is 1. The van der Waals surface area contributed by atoms with Crippen LogP contribution in [0.1, 0.15) is 5.56 Å². The molecule has 0 amide bonds. The minimum absolute atomic E-state index is 0.648. The van der Waals surface area contributed by atoms with Crippen molar-refractivity contribution in [1.29, 1.82) is 0 Å². The van der Waals surface area contributed by atoms with Gasteiger partial charge in [0.2, 0.25) is 0 Å². The quantitative estimate of drug-likeness (QED) is 0.674. The molecule has 0 aliphatic carbocycles. The lowest BCUT2D eigenvalue weighted by atomic mass is 10.1. The number of halogens is 2. The number of hydrogen-bond acceptors (Lipinski definition) is 1. The lowest BCUT2D eigenvalue weighted by molar-refractivity contribution is 1.32. The molecule has 4 heteroatoms. The zero-order chi connectivity index (χ0) is 12.7. The molecule has 1 aromatic heterocycles. The lowest BCUT2D eigenvalue weighted by Gasteiger charge is -1.97. The molecule has 0 atom stereocenters. The molecule has 0 radical (unpaired) electrons. The Kier molecular flexibility index (Phi) is 2.88. The van der Waals surface area contributed by atoms with E-state index in [1.54, 1.807) is 0 Å². The van der Waals surface area contributed by atoms with Gasteiger partial charge in [-0.3, -0.25) is 0 Å². The Bertz CT molecular complexity index is 734. The fourth-order valence-corrected chi connectivity index (χ4v) is 2.82. The largest absolute Gasteiger partial charge is 0.338 e. The van der Waals surface area contributed by atoms with Gasteiger partial charge < -0.3 is 4.98 Å². The molecule has 2 aromatic carbocycles. The molecule has 0 bridgehead atoms. The Morgan fingerprint density at radius 3 is 2.83 bits per heavy atom. The molecule has 0 aliphatic rings. The molecule has 90 valence electrons. The fourth-order valence-electron chi connectivity index (χ4n) is 1.97. The molecule has 0 saturated carbocycles. The predicted octanol–water partition coefficient (Wildman–Crippen LogP) is 4.95. The molecule has 0 saturated heterocycles. The van der Waals surface area contributed by atoms with Crippen molar-refractivity contribution in [3.05, 3.63) is 51.5 Å². The van der Waals surface area contributed by atoms with Gasteiger partial charge in [-0.2, -0.15) is 0 Å². The number of aromatic nitrogens is 2. The molecule has 0 aliphatic heterocycles. The van der Waals surface area contributed by atoms with Gasteiger partial charge in [0, 0.05) is 10.0 Å². The van der Waals surface area contributed by atoms with E-state index in [1.165, 1.54) is 5.56 Å². The second-order valence-corrected chi connectivity index (χ2v) is 5.56. The van der Waals surface area contributed by atoms with Crippen LogP contribution < -0.4 is 0 Å². The van der Waals surface area contributed by atoms with Gasteiger partial charge >= 0.3 is 0 Å². The van der Waals surface area contributed by atoms with Gasteiger partial charge in [-0.1, -0.05) is 51.3 Å². The Morgan fingerprint density at radius 2 is 2.06 bits per heavy atom. The van der Waals surface area contributed by atoms with Crippen molar-refractivity contribution in [2.45, 2.75) is 6.92 Å². The average molecular weight is 322 g/mol. The second kappa shape index (κ2) is 4.41. The maximum Gasteiger partial charge on any atom is 0.138 e. The molecule has 1 heterocycles. The number of benzene rings is 2. The van der Waals surface area contributed by atoms with Gasteiger partial charge in [-0.25, -0.2) is 4.98 Å². The number of hydrogen-bond donors (Lipinski definition) is 1. The van der Waals surface area contributed by atoms with E-state index in [2.05, 4.69) is 45.0 Å². The summed E-state index contributed by atoms with van der Waals surface area (Å²) < 4.78 is 0.944. The van der Waals surface area contributed by atoms with E-state index in [0.29, 0.717) is 5.02 Å². The molecule has 1 N–H and O–H groups in total. The first kappa shape index (κ1) is 11.8. The van der Waals surface area contributed by atoms with Gasteiger partial charge in [0.1, 0.15) is 11.3 Å². The van der Waals surface area contributed by atoms with Crippen LogP contribution in [0.25, 0.3) is 22.4 Å². The smallest absolute Gasteiger partial charge is 0.138 e. The first-order valence-electron chi connectivity index (χ1n) is 5.55. The van der Waals surface area contributed by atoms with Crippen molar-refractivity contribution in [2.24, 2.45) is 0 Å². The first-order chi connectivity index (χ1) is 8.63. The highest BCUT2D eigenvalue weighted by atomic mass is 79.9. The zero-order valence-electron chi connectivity index (χ0n) is 9.67.